The van der Waals surface area contributed by atoms with E-state index in [1.807, 2.05) is 50.2 Å². The molecule has 0 atom stereocenters. The molecule has 0 aromatic heterocycles. The maximum atomic E-state index is 12.1. The fourth-order valence-corrected chi connectivity index (χ4v) is 2.03. The summed E-state index contributed by atoms with van der Waals surface area (Å²) in [4.78, 5) is 13.8. The normalized spacial score (nSPS) is 10.3. The average molecular weight is 268 g/mol. The zero-order chi connectivity index (χ0) is 14.5. The second kappa shape index (κ2) is 6.35. The summed E-state index contributed by atoms with van der Waals surface area (Å²) >= 11 is 0. The largest absolute Gasteiger partial charge is 0.322 e. The van der Waals surface area contributed by atoms with Crippen molar-refractivity contribution in [1.29, 1.82) is 0 Å². The Morgan fingerprint density at radius 1 is 0.950 bits per heavy atom. The molecule has 2 rings (SSSR count). The zero-order valence-electron chi connectivity index (χ0n) is 12.0. The molecule has 0 saturated carbocycles. The van der Waals surface area contributed by atoms with Crippen molar-refractivity contribution in [3.63, 3.8) is 0 Å². The summed E-state index contributed by atoms with van der Waals surface area (Å²) in [5, 5.41) is 0. The van der Waals surface area contributed by atoms with Crippen molar-refractivity contribution in [3.8, 4) is 0 Å². The number of hydrogen-bond acceptors (Lipinski definition) is 2. The van der Waals surface area contributed by atoms with Gasteiger partial charge in [-0.25, -0.2) is 0 Å². The fraction of sp³-hybridized carbons (Fsp3) is 0.235. The van der Waals surface area contributed by atoms with E-state index in [9.17, 15) is 4.79 Å². The Hall–Kier alpha value is -2.13. The molecule has 0 fully saturated rings. The highest BCUT2D eigenvalue weighted by atomic mass is 16.2. The van der Waals surface area contributed by atoms with Crippen LogP contribution in [0.2, 0.25) is 0 Å². The third-order valence-corrected chi connectivity index (χ3v) is 3.28. The summed E-state index contributed by atoms with van der Waals surface area (Å²) in [5.41, 5.74) is 9.88. The Balaban J connectivity index is 2.26. The first kappa shape index (κ1) is 14.3. The van der Waals surface area contributed by atoms with Gasteiger partial charge in [-0.15, -0.1) is 0 Å². The molecule has 1 amide bonds. The van der Waals surface area contributed by atoms with E-state index in [0.29, 0.717) is 6.54 Å². The lowest BCUT2D eigenvalue weighted by Gasteiger charge is -2.22. The molecule has 2 aromatic carbocycles. The molecule has 0 radical (unpaired) electrons. The number of nitrogens with two attached hydrogens (primary N) is 1. The van der Waals surface area contributed by atoms with E-state index in [2.05, 4.69) is 12.1 Å². The van der Waals surface area contributed by atoms with Crippen molar-refractivity contribution < 1.29 is 4.79 Å². The number of nitrogens with zero attached hydrogens (tertiary/aromatic N) is 1. The highest BCUT2D eigenvalue weighted by Gasteiger charge is 2.14. The highest BCUT2D eigenvalue weighted by molar-refractivity contribution is 5.94. The van der Waals surface area contributed by atoms with Gasteiger partial charge < -0.3 is 10.6 Å². The SMILES string of the molecule is Cc1ccc(CN(C(=O)CN)c2ccc(C)cc2)cc1. The molecule has 3 heteroatoms. The molecule has 0 aliphatic carbocycles. The molecule has 3 nitrogen and oxygen atoms in total. The van der Waals surface area contributed by atoms with E-state index in [1.165, 1.54) is 11.1 Å². The van der Waals surface area contributed by atoms with E-state index < -0.39 is 0 Å². The molecule has 2 aromatic rings. The molecule has 0 aliphatic heterocycles. The van der Waals surface area contributed by atoms with Crippen molar-refractivity contribution >= 4 is 11.6 Å². The molecule has 0 aliphatic rings. The summed E-state index contributed by atoms with van der Waals surface area (Å²) in [6, 6.07) is 16.1. The monoisotopic (exact) mass is 268 g/mol. The van der Waals surface area contributed by atoms with Crippen LogP contribution in [0.5, 0.6) is 0 Å². The smallest absolute Gasteiger partial charge is 0.241 e. The van der Waals surface area contributed by atoms with Gasteiger partial charge in [0.05, 0.1) is 13.1 Å². The molecular weight excluding hydrogens is 248 g/mol. The highest BCUT2D eigenvalue weighted by Crippen LogP contribution is 2.18. The van der Waals surface area contributed by atoms with Crippen LogP contribution in [0.25, 0.3) is 0 Å². The summed E-state index contributed by atoms with van der Waals surface area (Å²) < 4.78 is 0. The second-order valence-electron chi connectivity index (χ2n) is 5.01. The quantitative estimate of drug-likeness (QED) is 0.926. The Morgan fingerprint density at radius 2 is 1.45 bits per heavy atom. The molecule has 0 unspecified atom stereocenters. The number of hydrogen-bond donors (Lipinski definition) is 1. The number of carbonyl (C=O) groups is 1. The summed E-state index contributed by atoms with van der Waals surface area (Å²) in [7, 11) is 0. The first-order valence-corrected chi connectivity index (χ1v) is 6.73. The van der Waals surface area contributed by atoms with Crippen molar-refractivity contribution in [2.75, 3.05) is 11.4 Å². The Bertz CT molecular complexity index is 573. The molecule has 0 heterocycles. The number of aryl methyl sites for hydroxylation is 2. The van der Waals surface area contributed by atoms with Crippen molar-refractivity contribution in [3.05, 3.63) is 65.2 Å². The topological polar surface area (TPSA) is 46.3 Å². The minimum absolute atomic E-state index is 0.0136. The lowest BCUT2D eigenvalue weighted by molar-refractivity contribution is -0.117. The molecule has 0 bridgehead atoms. The fourth-order valence-electron chi connectivity index (χ4n) is 2.03. The molecule has 2 N–H and O–H groups in total. The van der Waals surface area contributed by atoms with Crippen molar-refractivity contribution in [2.24, 2.45) is 5.73 Å². The molecule has 0 spiro atoms. The van der Waals surface area contributed by atoms with Crippen LogP contribution in [0.1, 0.15) is 16.7 Å². The van der Waals surface area contributed by atoms with Gasteiger partial charge in [0, 0.05) is 5.69 Å². The van der Waals surface area contributed by atoms with E-state index in [0.717, 1.165) is 11.3 Å². The third-order valence-electron chi connectivity index (χ3n) is 3.28. The van der Waals surface area contributed by atoms with Crippen LogP contribution in [0, 0.1) is 13.8 Å². The predicted molar refractivity (Wildman–Crippen MR) is 82.6 cm³/mol. The van der Waals surface area contributed by atoms with Crippen LogP contribution in [0.15, 0.2) is 48.5 Å². The van der Waals surface area contributed by atoms with Gasteiger partial charge in [-0.2, -0.15) is 0 Å². The van der Waals surface area contributed by atoms with E-state index >= 15 is 0 Å². The average Bonchev–Trinajstić information content (AvgIpc) is 2.47. The van der Waals surface area contributed by atoms with Crippen LogP contribution in [-0.4, -0.2) is 12.5 Å². The second-order valence-corrected chi connectivity index (χ2v) is 5.01. The minimum Gasteiger partial charge on any atom is -0.322 e. The van der Waals surface area contributed by atoms with Gasteiger partial charge in [0.15, 0.2) is 0 Å². The van der Waals surface area contributed by atoms with Crippen LogP contribution in [0.4, 0.5) is 5.69 Å². The van der Waals surface area contributed by atoms with Crippen LogP contribution in [-0.2, 0) is 11.3 Å². The minimum atomic E-state index is -0.0746. The number of benzene rings is 2. The lowest BCUT2D eigenvalue weighted by Crippen LogP contribution is -2.35. The number of carbonyl (C=O) groups excluding carboxylic acids is 1. The van der Waals surface area contributed by atoms with E-state index in [-0.39, 0.29) is 12.5 Å². The number of anilines is 1. The van der Waals surface area contributed by atoms with Crippen molar-refractivity contribution in [2.45, 2.75) is 20.4 Å². The van der Waals surface area contributed by atoms with E-state index in [1.54, 1.807) is 4.90 Å². The Morgan fingerprint density at radius 3 is 1.95 bits per heavy atom. The van der Waals surface area contributed by atoms with Gasteiger partial charge in [0.1, 0.15) is 0 Å². The lowest BCUT2D eigenvalue weighted by atomic mass is 10.1. The van der Waals surface area contributed by atoms with Crippen LogP contribution >= 0.6 is 0 Å². The van der Waals surface area contributed by atoms with E-state index in [4.69, 9.17) is 5.73 Å². The predicted octanol–water partition coefficient (Wildman–Crippen LogP) is 2.80. The van der Waals surface area contributed by atoms with Crippen LogP contribution in [0.3, 0.4) is 0 Å². The summed E-state index contributed by atoms with van der Waals surface area (Å²) in [6.07, 6.45) is 0. The first-order valence-electron chi connectivity index (χ1n) is 6.73. The number of rotatable bonds is 4. The van der Waals surface area contributed by atoms with Crippen LogP contribution < -0.4 is 10.6 Å². The zero-order valence-corrected chi connectivity index (χ0v) is 12.0. The standard InChI is InChI=1S/C17H20N2O/c1-13-3-7-15(8-4-13)12-19(17(20)11-18)16-9-5-14(2)6-10-16/h3-10H,11-12,18H2,1-2H3. The van der Waals surface area contributed by atoms with Gasteiger partial charge in [-0.05, 0) is 31.5 Å². The van der Waals surface area contributed by atoms with Gasteiger partial charge >= 0.3 is 0 Å². The molecule has 0 saturated heterocycles. The molecule has 20 heavy (non-hydrogen) atoms. The Kier molecular flexibility index (Phi) is 4.53. The first-order chi connectivity index (χ1) is 9.60. The summed E-state index contributed by atoms with van der Waals surface area (Å²) in [6.45, 7) is 4.63. The molecular formula is C17H20N2O. The van der Waals surface area contributed by atoms with Gasteiger partial charge in [0.25, 0.3) is 0 Å². The maximum Gasteiger partial charge on any atom is 0.241 e. The molecule has 104 valence electrons. The third kappa shape index (κ3) is 3.45. The summed E-state index contributed by atoms with van der Waals surface area (Å²) in [5.74, 6) is -0.0746. The number of amides is 1. The Labute approximate surface area is 120 Å². The van der Waals surface area contributed by atoms with Gasteiger partial charge in [-0.1, -0.05) is 47.5 Å². The maximum absolute atomic E-state index is 12.1. The van der Waals surface area contributed by atoms with Gasteiger partial charge in [-0.3, -0.25) is 4.79 Å². The van der Waals surface area contributed by atoms with Gasteiger partial charge in [0.2, 0.25) is 5.91 Å². The van der Waals surface area contributed by atoms with Crippen molar-refractivity contribution in [1.82, 2.24) is 0 Å².